The second kappa shape index (κ2) is 7.11. The summed E-state index contributed by atoms with van der Waals surface area (Å²) in [5, 5.41) is 12.5. The van der Waals surface area contributed by atoms with Gasteiger partial charge >= 0.3 is 0 Å². The second-order valence-corrected chi connectivity index (χ2v) is 6.34. The molecule has 118 valence electrons. The van der Waals surface area contributed by atoms with Crippen molar-refractivity contribution < 1.29 is 4.74 Å². The molecule has 1 N–H and O–H groups in total. The Bertz CT molecular complexity index is 598. The molecule has 1 aliphatic rings. The number of aromatic nitrogens is 3. The Morgan fingerprint density at radius 1 is 1.36 bits per heavy atom. The van der Waals surface area contributed by atoms with Crippen molar-refractivity contribution in [1.82, 2.24) is 20.3 Å². The van der Waals surface area contributed by atoms with Gasteiger partial charge in [-0.25, -0.2) is 0 Å². The van der Waals surface area contributed by atoms with Crippen LogP contribution in [0, 0.1) is 11.8 Å². The smallest absolute Gasteiger partial charge is 0.134 e. The summed E-state index contributed by atoms with van der Waals surface area (Å²) >= 11 is 5.85. The van der Waals surface area contributed by atoms with Gasteiger partial charge in [0.05, 0.1) is 6.20 Å². The van der Waals surface area contributed by atoms with Crippen molar-refractivity contribution in [2.45, 2.75) is 26.5 Å². The maximum absolute atomic E-state index is 5.85. The lowest BCUT2D eigenvalue weighted by atomic mass is 9.88. The summed E-state index contributed by atoms with van der Waals surface area (Å²) in [6, 6.07) is 7.32. The maximum Gasteiger partial charge on any atom is 0.134 e. The molecule has 0 saturated carbocycles. The molecule has 2 heterocycles. The molecule has 0 radical (unpaired) electrons. The van der Waals surface area contributed by atoms with Crippen molar-refractivity contribution in [2.75, 3.05) is 13.1 Å². The standard InChI is InChI=1S/C16H21ClN4O/c1-12-8-18-7-6-13(12)9-21-10-15(19-20-21)11-22-16-4-2-14(17)3-5-16/h2-5,10,12-13,18H,6-9,11H2,1H3. The van der Waals surface area contributed by atoms with E-state index in [0.29, 0.717) is 23.5 Å². The molecule has 0 bridgehead atoms. The fourth-order valence-electron chi connectivity index (χ4n) is 2.76. The third-order valence-electron chi connectivity index (χ3n) is 4.17. The van der Waals surface area contributed by atoms with Gasteiger partial charge in [-0.15, -0.1) is 5.10 Å². The fourth-order valence-corrected chi connectivity index (χ4v) is 2.89. The van der Waals surface area contributed by atoms with Gasteiger partial charge in [0.15, 0.2) is 0 Å². The predicted octanol–water partition coefficient (Wildman–Crippen LogP) is 2.76. The first-order valence-corrected chi connectivity index (χ1v) is 8.06. The van der Waals surface area contributed by atoms with Gasteiger partial charge in [0.25, 0.3) is 0 Å². The van der Waals surface area contributed by atoms with Crippen LogP contribution in [0.25, 0.3) is 0 Å². The van der Waals surface area contributed by atoms with Crippen LogP contribution in [0.2, 0.25) is 5.02 Å². The molecule has 1 aromatic carbocycles. The highest BCUT2D eigenvalue weighted by Gasteiger charge is 2.21. The number of ether oxygens (including phenoxy) is 1. The first-order valence-electron chi connectivity index (χ1n) is 7.69. The van der Waals surface area contributed by atoms with Crippen molar-refractivity contribution >= 4 is 11.6 Å². The van der Waals surface area contributed by atoms with Crippen LogP contribution in [0.5, 0.6) is 5.75 Å². The maximum atomic E-state index is 5.85. The van der Waals surface area contributed by atoms with Gasteiger partial charge in [0.1, 0.15) is 18.1 Å². The Morgan fingerprint density at radius 2 is 2.18 bits per heavy atom. The first-order chi connectivity index (χ1) is 10.7. The average molecular weight is 321 g/mol. The molecular formula is C16H21ClN4O. The van der Waals surface area contributed by atoms with Crippen LogP contribution >= 0.6 is 11.6 Å². The zero-order valence-electron chi connectivity index (χ0n) is 12.7. The summed E-state index contributed by atoms with van der Waals surface area (Å²) in [5.41, 5.74) is 0.844. The number of nitrogens with zero attached hydrogens (tertiary/aromatic N) is 3. The summed E-state index contributed by atoms with van der Waals surface area (Å²) in [5.74, 6) is 2.12. The molecule has 1 aliphatic heterocycles. The Morgan fingerprint density at radius 3 is 2.95 bits per heavy atom. The Hall–Kier alpha value is -1.59. The molecule has 1 fully saturated rings. The van der Waals surface area contributed by atoms with Crippen LogP contribution in [0.4, 0.5) is 0 Å². The highest BCUT2D eigenvalue weighted by molar-refractivity contribution is 6.30. The second-order valence-electron chi connectivity index (χ2n) is 5.90. The van der Waals surface area contributed by atoms with Crippen molar-refractivity contribution in [3.05, 3.63) is 41.2 Å². The molecule has 22 heavy (non-hydrogen) atoms. The van der Waals surface area contributed by atoms with E-state index in [9.17, 15) is 0 Å². The largest absolute Gasteiger partial charge is 0.487 e. The summed E-state index contributed by atoms with van der Waals surface area (Å²) in [6.45, 7) is 5.82. The van der Waals surface area contributed by atoms with Gasteiger partial charge < -0.3 is 10.1 Å². The zero-order chi connectivity index (χ0) is 15.4. The van der Waals surface area contributed by atoms with Gasteiger partial charge in [-0.3, -0.25) is 4.68 Å². The number of hydrogen-bond donors (Lipinski definition) is 1. The molecule has 2 atom stereocenters. The molecule has 3 rings (SSSR count). The molecule has 2 aromatic rings. The quantitative estimate of drug-likeness (QED) is 0.920. The summed E-state index contributed by atoms with van der Waals surface area (Å²) in [7, 11) is 0. The minimum Gasteiger partial charge on any atom is -0.487 e. The van der Waals surface area contributed by atoms with E-state index in [1.165, 1.54) is 6.42 Å². The van der Waals surface area contributed by atoms with E-state index in [2.05, 4.69) is 22.6 Å². The molecule has 1 saturated heterocycles. The highest BCUT2D eigenvalue weighted by Crippen LogP contribution is 2.20. The highest BCUT2D eigenvalue weighted by atomic mass is 35.5. The molecular weight excluding hydrogens is 300 g/mol. The van der Waals surface area contributed by atoms with E-state index >= 15 is 0 Å². The lowest BCUT2D eigenvalue weighted by Gasteiger charge is -2.29. The van der Waals surface area contributed by atoms with Crippen LogP contribution < -0.4 is 10.1 Å². The Kier molecular flexibility index (Phi) is 4.95. The number of benzene rings is 1. The Balaban J connectivity index is 1.53. The topological polar surface area (TPSA) is 52.0 Å². The molecule has 5 nitrogen and oxygen atoms in total. The Labute approximate surface area is 135 Å². The van der Waals surface area contributed by atoms with E-state index in [0.717, 1.165) is 31.1 Å². The van der Waals surface area contributed by atoms with Gasteiger partial charge in [-0.1, -0.05) is 23.7 Å². The van der Waals surface area contributed by atoms with E-state index < -0.39 is 0 Å². The summed E-state index contributed by atoms with van der Waals surface area (Å²) in [6.07, 6.45) is 3.17. The van der Waals surface area contributed by atoms with Crippen molar-refractivity contribution in [3.8, 4) is 5.75 Å². The lowest BCUT2D eigenvalue weighted by Crippen LogP contribution is -2.37. The molecule has 0 aliphatic carbocycles. The molecule has 2 unspecified atom stereocenters. The van der Waals surface area contributed by atoms with E-state index in [1.54, 1.807) is 0 Å². The van der Waals surface area contributed by atoms with Crippen molar-refractivity contribution in [3.63, 3.8) is 0 Å². The first kappa shape index (κ1) is 15.3. The molecule has 1 aromatic heterocycles. The number of piperidine rings is 1. The minimum atomic E-state index is 0.420. The number of rotatable bonds is 5. The van der Waals surface area contributed by atoms with E-state index in [1.807, 2.05) is 35.1 Å². The lowest BCUT2D eigenvalue weighted by molar-refractivity contribution is 0.235. The third kappa shape index (κ3) is 3.99. The van der Waals surface area contributed by atoms with Gasteiger partial charge in [0, 0.05) is 11.6 Å². The predicted molar refractivity (Wildman–Crippen MR) is 85.9 cm³/mol. The average Bonchev–Trinajstić information content (AvgIpc) is 2.97. The van der Waals surface area contributed by atoms with Crippen LogP contribution in [-0.4, -0.2) is 28.1 Å². The number of hydrogen-bond acceptors (Lipinski definition) is 4. The van der Waals surface area contributed by atoms with Gasteiger partial charge in [-0.2, -0.15) is 0 Å². The molecule has 0 spiro atoms. The SMILES string of the molecule is CC1CNCCC1Cn1cc(COc2ccc(Cl)cc2)nn1. The summed E-state index contributed by atoms with van der Waals surface area (Å²) < 4.78 is 7.62. The fraction of sp³-hybridized carbons (Fsp3) is 0.500. The van der Waals surface area contributed by atoms with Crippen molar-refractivity contribution in [2.24, 2.45) is 11.8 Å². The van der Waals surface area contributed by atoms with Crippen LogP contribution in [-0.2, 0) is 13.2 Å². The van der Waals surface area contributed by atoms with E-state index in [4.69, 9.17) is 16.3 Å². The molecule has 0 amide bonds. The van der Waals surface area contributed by atoms with Crippen LogP contribution in [0.1, 0.15) is 19.0 Å². The van der Waals surface area contributed by atoms with Crippen LogP contribution in [0.15, 0.2) is 30.5 Å². The van der Waals surface area contributed by atoms with Crippen LogP contribution in [0.3, 0.4) is 0 Å². The number of halogens is 1. The number of nitrogens with one attached hydrogen (secondary N) is 1. The monoisotopic (exact) mass is 320 g/mol. The molecule has 6 heteroatoms. The normalized spacial score (nSPS) is 21.7. The third-order valence-corrected chi connectivity index (χ3v) is 4.42. The van der Waals surface area contributed by atoms with Gasteiger partial charge in [-0.05, 0) is 55.6 Å². The van der Waals surface area contributed by atoms with Gasteiger partial charge in [0.2, 0.25) is 0 Å². The summed E-state index contributed by atoms with van der Waals surface area (Å²) in [4.78, 5) is 0. The van der Waals surface area contributed by atoms with Crippen molar-refractivity contribution in [1.29, 1.82) is 0 Å². The van der Waals surface area contributed by atoms with E-state index in [-0.39, 0.29) is 0 Å². The minimum absolute atomic E-state index is 0.420. The zero-order valence-corrected chi connectivity index (χ0v) is 13.5.